The SMILES string of the molecule is O=C([O-])CSc1nnc(-c2ccccc2)c(-c2ccccc2)n1. The normalized spacial score (nSPS) is 10.4. The van der Waals surface area contributed by atoms with E-state index in [2.05, 4.69) is 15.2 Å². The molecule has 0 saturated heterocycles. The summed E-state index contributed by atoms with van der Waals surface area (Å²) >= 11 is 0.994. The highest BCUT2D eigenvalue weighted by Crippen LogP contribution is 2.29. The van der Waals surface area contributed by atoms with E-state index in [9.17, 15) is 9.90 Å². The van der Waals surface area contributed by atoms with Crippen LogP contribution in [-0.4, -0.2) is 26.9 Å². The van der Waals surface area contributed by atoms with Crippen molar-refractivity contribution >= 4 is 17.7 Å². The van der Waals surface area contributed by atoms with Gasteiger partial charge in [-0.05, 0) is 0 Å². The lowest BCUT2D eigenvalue weighted by Gasteiger charge is -2.09. The van der Waals surface area contributed by atoms with E-state index in [1.54, 1.807) is 0 Å². The first-order valence-electron chi connectivity index (χ1n) is 6.92. The van der Waals surface area contributed by atoms with Crippen LogP contribution in [0.25, 0.3) is 22.5 Å². The summed E-state index contributed by atoms with van der Waals surface area (Å²) in [5.41, 5.74) is 3.14. The van der Waals surface area contributed by atoms with Crippen molar-refractivity contribution in [3.63, 3.8) is 0 Å². The average molecular weight is 322 g/mol. The van der Waals surface area contributed by atoms with E-state index < -0.39 is 5.97 Å². The van der Waals surface area contributed by atoms with Crippen LogP contribution in [0, 0.1) is 0 Å². The van der Waals surface area contributed by atoms with Gasteiger partial charge < -0.3 is 9.90 Å². The molecular formula is C17H12N3O2S-. The minimum Gasteiger partial charge on any atom is -0.549 e. The summed E-state index contributed by atoms with van der Waals surface area (Å²) in [5, 5.41) is 19.2. The number of carboxylic acids is 1. The molecule has 1 aromatic heterocycles. The maximum absolute atomic E-state index is 10.6. The monoisotopic (exact) mass is 322 g/mol. The van der Waals surface area contributed by atoms with Crippen LogP contribution in [-0.2, 0) is 4.79 Å². The van der Waals surface area contributed by atoms with Gasteiger partial charge in [-0.3, -0.25) is 0 Å². The molecule has 114 valence electrons. The Morgan fingerprint density at radius 1 is 0.870 bits per heavy atom. The molecule has 2 aromatic carbocycles. The summed E-state index contributed by atoms with van der Waals surface area (Å²) in [6.45, 7) is 0. The number of carboxylic acid groups (broad SMARTS) is 1. The molecule has 0 radical (unpaired) electrons. The molecule has 0 aliphatic heterocycles. The number of hydrogen-bond donors (Lipinski definition) is 0. The standard InChI is InChI=1S/C17H13N3O2S/c21-14(22)11-23-17-18-15(12-7-3-1-4-8-12)16(19-20-17)13-9-5-2-6-10-13/h1-10H,11H2,(H,21,22)/p-1. The highest BCUT2D eigenvalue weighted by molar-refractivity contribution is 7.99. The van der Waals surface area contributed by atoms with Crippen molar-refractivity contribution in [1.82, 2.24) is 15.2 Å². The molecule has 0 unspecified atom stereocenters. The van der Waals surface area contributed by atoms with Crippen molar-refractivity contribution in [3.8, 4) is 22.5 Å². The molecule has 6 heteroatoms. The zero-order chi connectivity index (χ0) is 16.1. The van der Waals surface area contributed by atoms with E-state index in [1.165, 1.54) is 0 Å². The third-order valence-electron chi connectivity index (χ3n) is 3.08. The van der Waals surface area contributed by atoms with Gasteiger partial charge in [0.2, 0.25) is 5.16 Å². The van der Waals surface area contributed by atoms with Crippen molar-refractivity contribution in [1.29, 1.82) is 0 Å². The summed E-state index contributed by atoms with van der Waals surface area (Å²) in [6, 6.07) is 19.3. The summed E-state index contributed by atoms with van der Waals surface area (Å²) in [6.07, 6.45) is 0. The van der Waals surface area contributed by atoms with Crippen LogP contribution in [0.2, 0.25) is 0 Å². The van der Waals surface area contributed by atoms with Crippen LogP contribution in [0.15, 0.2) is 65.8 Å². The molecule has 5 nitrogen and oxygen atoms in total. The first-order chi connectivity index (χ1) is 11.2. The summed E-state index contributed by atoms with van der Waals surface area (Å²) < 4.78 is 0. The molecule has 0 N–H and O–H groups in total. The van der Waals surface area contributed by atoms with Crippen LogP contribution in [0.4, 0.5) is 0 Å². The van der Waals surface area contributed by atoms with Gasteiger partial charge in [-0.15, -0.1) is 10.2 Å². The van der Waals surface area contributed by atoms with E-state index in [-0.39, 0.29) is 5.75 Å². The molecule has 0 atom stereocenters. The Labute approximate surface area is 137 Å². The largest absolute Gasteiger partial charge is 0.549 e. The Hall–Kier alpha value is -2.73. The van der Waals surface area contributed by atoms with Gasteiger partial charge in [0.05, 0.1) is 5.97 Å². The fourth-order valence-electron chi connectivity index (χ4n) is 2.08. The lowest BCUT2D eigenvalue weighted by atomic mass is 10.0. The van der Waals surface area contributed by atoms with Crippen LogP contribution >= 0.6 is 11.8 Å². The Morgan fingerprint density at radius 2 is 1.43 bits per heavy atom. The van der Waals surface area contributed by atoms with Gasteiger partial charge in [0, 0.05) is 16.9 Å². The van der Waals surface area contributed by atoms with E-state index in [0.29, 0.717) is 16.5 Å². The smallest absolute Gasteiger partial charge is 0.210 e. The van der Waals surface area contributed by atoms with Crippen LogP contribution in [0.5, 0.6) is 0 Å². The second-order valence-corrected chi connectivity index (χ2v) is 5.63. The zero-order valence-corrected chi connectivity index (χ0v) is 12.9. The van der Waals surface area contributed by atoms with Gasteiger partial charge in [0.15, 0.2) is 0 Å². The van der Waals surface area contributed by atoms with E-state index >= 15 is 0 Å². The molecule has 0 bridgehead atoms. The van der Waals surface area contributed by atoms with E-state index in [0.717, 1.165) is 22.9 Å². The fraction of sp³-hybridized carbons (Fsp3) is 0.0588. The van der Waals surface area contributed by atoms with E-state index in [1.807, 2.05) is 60.7 Å². The molecular weight excluding hydrogens is 310 g/mol. The van der Waals surface area contributed by atoms with Crippen molar-refractivity contribution in [3.05, 3.63) is 60.7 Å². The first kappa shape index (κ1) is 15.2. The van der Waals surface area contributed by atoms with Gasteiger partial charge in [-0.1, -0.05) is 72.4 Å². The number of aromatic nitrogens is 3. The van der Waals surface area contributed by atoms with Crippen LogP contribution in [0.1, 0.15) is 0 Å². The summed E-state index contributed by atoms with van der Waals surface area (Å²) in [7, 11) is 0. The minimum atomic E-state index is -1.16. The maximum atomic E-state index is 10.6. The van der Waals surface area contributed by atoms with Gasteiger partial charge in [-0.2, -0.15) is 0 Å². The molecule has 0 spiro atoms. The molecule has 3 aromatic rings. The second kappa shape index (κ2) is 7.02. The highest BCUT2D eigenvalue weighted by Gasteiger charge is 2.13. The predicted octanol–water partition coefficient (Wildman–Crippen LogP) is 2.05. The van der Waals surface area contributed by atoms with Crippen molar-refractivity contribution in [2.75, 3.05) is 5.75 Å². The molecule has 0 aliphatic carbocycles. The average Bonchev–Trinajstić information content (AvgIpc) is 2.61. The molecule has 0 amide bonds. The topological polar surface area (TPSA) is 78.8 Å². The maximum Gasteiger partial charge on any atom is 0.210 e. The number of thioether (sulfide) groups is 1. The molecule has 1 heterocycles. The lowest BCUT2D eigenvalue weighted by Crippen LogP contribution is -2.24. The van der Waals surface area contributed by atoms with Gasteiger partial charge >= 0.3 is 0 Å². The van der Waals surface area contributed by atoms with Crippen molar-refractivity contribution in [2.24, 2.45) is 0 Å². The fourth-order valence-corrected chi connectivity index (χ4v) is 2.58. The first-order valence-corrected chi connectivity index (χ1v) is 7.91. The second-order valence-electron chi connectivity index (χ2n) is 4.68. The third-order valence-corrected chi connectivity index (χ3v) is 3.89. The number of aliphatic carboxylic acids is 1. The molecule has 23 heavy (non-hydrogen) atoms. The van der Waals surface area contributed by atoms with Gasteiger partial charge in [0.1, 0.15) is 11.4 Å². The van der Waals surface area contributed by atoms with Gasteiger partial charge in [-0.25, -0.2) is 4.98 Å². The van der Waals surface area contributed by atoms with Crippen molar-refractivity contribution < 1.29 is 9.90 Å². The molecule has 0 saturated carbocycles. The number of nitrogens with zero attached hydrogens (tertiary/aromatic N) is 3. The number of hydrogen-bond acceptors (Lipinski definition) is 6. The Kier molecular flexibility index (Phi) is 4.63. The predicted molar refractivity (Wildman–Crippen MR) is 86.4 cm³/mol. The molecule has 3 rings (SSSR count). The molecule has 0 aliphatic rings. The third kappa shape index (κ3) is 3.73. The number of rotatable bonds is 5. The quantitative estimate of drug-likeness (QED) is 0.669. The van der Waals surface area contributed by atoms with E-state index in [4.69, 9.17) is 0 Å². The Bertz CT molecular complexity index is 811. The summed E-state index contributed by atoms with van der Waals surface area (Å²) in [5.74, 6) is -1.37. The van der Waals surface area contributed by atoms with Crippen LogP contribution in [0.3, 0.4) is 0 Å². The number of carbonyl (C=O) groups excluding carboxylic acids is 1. The Balaban J connectivity index is 2.07. The minimum absolute atomic E-state index is 0.208. The van der Waals surface area contributed by atoms with Gasteiger partial charge in [0.25, 0.3) is 0 Å². The Morgan fingerprint density at radius 3 is 2.00 bits per heavy atom. The zero-order valence-electron chi connectivity index (χ0n) is 12.0. The lowest BCUT2D eigenvalue weighted by molar-refractivity contribution is -0.301. The van der Waals surface area contributed by atoms with Crippen molar-refractivity contribution in [2.45, 2.75) is 5.16 Å². The summed E-state index contributed by atoms with van der Waals surface area (Å²) in [4.78, 5) is 15.1. The van der Waals surface area contributed by atoms with Crippen LogP contribution < -0.4 is 5.11 Å². The number of benzene rings is 2. The highest BCUT2D eigenvalue weighted by atomic mass is 32.2. The molecule has 0 fully saturated rings. The number of carbonyl (C=O) groups is 1.